The van der Waals surface area contributed by atoms with Crippen LogP contribution < -0.4 is 0 Å². The molecule has 0 fully saturated rings. The third kappa shape index (κ3) is 22.4. The first-order chi connectivity index (χ1) is 5.54. The van der Waals surface area contributed by atoms with Crippen molar-refractivity contribution in [2.75, 3.05) is 12.9 Å². The van der Waals surface area contributed by atoms with Crippen molar-refractivity contribution < 1.29 is 9.53 Å². The average Bonchev–Trinajstić information content (AvgIpc) is 1.99. The summed E-state index contributed by atoms with van der Waals surface area (Å²) in [7, 11) is 1.39. The van der Waals surface area contributed by atoms with Crippen molar-refractivity contribution in [1.29, 1.82) is 0 Å². The molecule has 0 aliphatic carbocycles. The maximum atomic E-state index is 10.3. The summed E-state index contributed by atoms with van der Waals surface area (Å²) in [6, 6.07) is 0. The molecule has 2 nitrogen and oxygen atoms in total. The van der Waals surface area contributed by atoms with Crippen LogP contribution in [-0.4, -0.2) is 38.6 Å². The van der Waals surface area contributed by atoms with Crippen LogP contribution in [0.4, 0.5) is 0 Å². The number of methoxy groups -OCH3 is 1. The number of esters is 1. The van der Waals surface area contributed by atoms with Crippen LogP contribution in [0, 0.1) is 0 Å². The van der Waals surface area contributed by atoms with Crippen molar-refractivity contribution in [2.45, 2.75) is 27.7 Å². The van der Waals surface area contributed by atoms with Gasteiger partial charge < -0.3 is 4.74 Å². The molecule has 0 saturated carbocycles. The van der Waals surface area contributed by atoms with Gasteiger partial charge in [-0.2, -0.15) is 12.6 Å². The van der Waals surface area contributed by atoms with E-state index in [0.717, 1.165) is 12.2 Å². The second-order valence-electron chi connectivity index (χ2n) is 2.90. The van der Waals surface area contributed by atoms with Crippen LogP contribution in [0.15, 0.2) is 0 Å². The van der Waals surface area contributed by atoms with Crippen molar-refractivity contribution in [3.05, 3.63) is 0 Å². The Labute approximate surface area is 88.2 Å². The van der Waals surface area contributed by atoms with Gasteiger partial charge >= 0.3 is 40.5 Å². The molecule has 0 N–H and O–H groups in total. The van der Waals surface area contributed by atoms with E-state index in [2.05, 4.69) is 32.2 Å². The summed E-state index contributed by atoms with van der Waals surface area (Å²) in [5, 5.41) is 0. The number of thiol groups is 1. The second kappa shape index (κ2) is 11.6. The van der Waals surface area contributed by atoms with E-state index in [1.807, 2.05) is 0 Å². The fourth-order valence-corrected chi connectivity index (χ4v) is 0.484. The van der Waals surface area contributed by atoms with E-state index in [0.29, 0.717) is 6.42 Å². The molecule has 0 heterocycles. The number of hydrogen-bond donors (Lipinski definition) is 1. The Kier molecular flexibility index (Phi) is 14.6. The Morgan fingerprint density at radius 3 is 2.08 bits per heavy atom. The van der Waals surface area contributed by atoms with Crippen molar-refractivity contribution in [2.24, 2.45) is 0 Å². The molecule has 0 aromatic rings. The van der Waals surface area contributed by atoms with Crippen molar-refractivity contribution in [3.8, 4) is 0 Å². The fourth-order valence-electron chi connectivity index (χ4n) is 0.325. The Morgan fingerprint density at radius 1 is 1.42 bits per heavy atom. The molecule has 12 heavy (non-hydrogen) atoms. The van der Waals surface area contributed by atoms with Crippen molar-refractivity contribution >= 4 is 38.4 Å². The zero-order chi connectivity index (χ0) is 9.98. The molecule has 0 rings (SSSR count). The summed E-state index contributed by atoms with van der Waals surface area (Å²) in [6.07, 6.45) is 1.29. The van der Waals surface area contributed by atoms with E-state index in [-0.39, 0.29) is 5.97 Å². The Bertz CT molecular complexity index is 104. The van der Waals surface area contributed by atoms with E-state index in [1.54, 1.807) is 0 Å². The van der Waals surface area contributed by atoms with E-state index >= 15 is 0 Å². The number of carbonyl (C=O) groups excluding carboxylic acids is 1. The average molecular weight is 298 g/mol. The molecule has 0 aromatic heterocycles. The minimum atomic E-state index is -0.543. The third-order valence-electron chi connectivity index (χ3n) is 0.767. The molecule has 73 valence electrons. The maximum absolute atomic E-state index is 10.3. The molecular weight excluding hydrogens is 279 g/mol. The summed E-state index contributed by atoms with van der Waals surface area (Å²) in [4.78, 5) is 17.4. The van der Waals surface area contributed by atoms with Gasteiger partial charge in [0.05, 0.1) is 7.11 Å². The van der Waals surface area contributed by atoms with Gasteiger partial charge in [0.15, 0.2) is 0 Å². The van der Waals surface area contributed by atoms with Gasteiger partial charge in [-0.1, -0.05) is 0 Å². The molecular formula is C8H19O2SSn. The first-order valence-corrected chi connectivity index (χ1v) is 13.2. The minimum absolute atomic E-state index is 0.154. The molecule has 0 atom stereocenters. The van der Waals surface area contributed by atoms with Crippen LogP contribution in [-0.2, 0) is 9.53 Å². The molecule has 1 radical (unpaired) electrons. The molecule has 0 aliphatic heterocycles. The normalized spacial score (nSPS) is 8.83. The Balaban J connectivity index is 0. The fraction of sp³-hybridized carbons (Fsp3) is 0.875. The van der Waals surface area contributed by atoms with E-state index < -0.39 is 19.8 Å². The monoisotopic (exact) mass is 299 g/mol. The Hall–Kier alpha value is 0.619. The summed E-state index contributed by atoms with van der Waals surface area (Å²) in [6.45, 7) is 0. The van der Waals surface area contributed by atoms with Crippen LogP contribution in [0.5, 0.6) is 0 Å². The van der Waals surface area contributed by atoms with Crippen molar-refractivity contribution in [3.63, 3.8) is 0 Å². The number of hydrogen-bond acceptors (Lipinski definition) is 3. The van der Waals surface area contributed by atoms with E-state index in [4.69, 9.17) is 0 Å². The van der Waals surface area contributed by atoms with Crippen LogP contribution in [0.25, 0.3) is 0 Å². The zero-order valence-electron chi connectivity index (χ0n) is 8.39. The molecule has 0 aliphatic rings. The molecule has 0 unspecified atom stereocenters. The SMILES string of the molecule is COC(=O)CCCS.[CH3][Sn]([CH3])[CH3]. The third-order valence-corrected chi connectivity index (χ3v) is 1.08. The number of rotatable bonds is 3. The number of ether oxygens (including phenoxy) is 1. The first-order valence-electron chi connectivity index (χ1n) is 3.99. The van der Waals surface area contributed by atoms with Gasteiger partial charge in [-0.25, -0.2) is 0 Å². The molecule has 4 heteroatoms. The van der Waals surface area contributed by atoms with Crippen LogP contribution in [0.2, 0.25) is 14.8 Å². The number of carbonyl (C=O) groups is 1. The second-order valence-corrected chi connectivity index (χ2v) is 11.9. The molecule has 0 bridgehead atoms. The van der Waals surface area contributed by atoms with Gasteiger partial charge in [0.2, 0.25) is 0 Å². The molecule has 0 spiro atoms. The first kappa shape index (κ1) is 15.1. The van der Waals surface area contributed by atoms with Gasteiger partial charge in [-0.05, 0) is 12.2 Å². The molecule has 0 aromatic carbocycles. The zero-order valence-corrected chi connectivity index (χ0v) is 12.1. The van der Waals surface area contributed by atoms with Gasteiger partial charge in [0, 0.05) is 6.42 Å². The van der Waals surface area contributed by atoms with Crippen molar-refractivity contribution in [1.82, 2.24) is 0 Å². The van der Waals surface area contributed by atoms with E-state index in [9.17, 15) is 4.79 Å². The van der Waals surface area contributed by atoms with Gasteiger partial charge in [-0.15, -0.1) is 0 Å². The van der Waals surface area contributed by atoms with E-state index in [1.165, 1.54) is 7.11 Å². The topological polar surface area (TPSA) is 26.3 Å². The summed E-state index contributed by atoms with van der Waals surface area (Å²) >= 11 is 3.38. The molecule has 0 saturated heterocycles. The van der Waals surface area contributed by atoms with Gasteiger partial charge in [0.25, 0.3) is 0 Å². The molecule has 0 amide bonds. The summed E-state index contributed by atoms with van der Waals surface area (Å²) in [5.41, 5.74) is 0. The summed E-state index contributed by atoms with van der Waals surface area (Å²) in [5.74, 6) is 0.591. The predicted octanol–water partition coefficient (Wildman–Crippen LogP) is 2.24. The van der Waals surface area contributed by atoms with Gasteiger partial charge in [0.1, 0.15) is 0 Å². The summed E-state index contributed by atoms with van der Waals surface area (Å²) < 4.78 is 4.38. The van der Waals surface area contributed by atoms with Gasteiger partial charge in [-0.3, -0.25) is 4.79 Å². The quantitative estimate of drug-likeness (QED) is 0.491. The van der Waals surface area contributed by atoms with Crippen LogP contribution >= 0.6 is 12.6 Å². The van der Waals surface area contributed by atoms with Crippen LogP contribution in [0.3, 0.4) is 0 Å². The predicted molar refractivity (Wildman–Crippen MR) is 58.4 cm³/mol. The van der Waals surface area contributed by atoms with Crippen LogP contribution in [0.1, 0.15) is 12.8 Å². The Morgan fingerprint density at radius 2 is 1.83 bits per heavy atom. The standard InChI is InChI=1S/C5H10O2S.3CH3.Sn/c1-7-5(6)3-2-4-8;;;;/h8H,2-4H2,1H3;3*1H3;.